The summed E-state index contributed by atoms with van der Waals surface area (Å²) in [5.41, 5.74) is 6.61. The largest absolute Gasteiger partial charge is 0.308 e. The van der Waals surface area contributed by atoms with Crippen LogP contribution in [0.5, 0.6) is 0 Å². The molecule has 0 bridgehead atoms. The minimum atomic E-state index is -0.00189. The number of hydrogen-bond acceptors (Lipinski definition) is 4. The molecule has 0 saturated carbocycles. The van der Waals surface area contributed by atoms with E-state index in [4.69, 9.17) is 0 Å². The van der Waals surface area contributed by atoms with E-state index in [1.165, 1.54) is 5.56 Å². The van der Waals surface area contributed by atoms with Gasteiger partial charge in [-0.1, -0.05) is 6.07 Å². The van der Waals surface area contributed by atoms with Gasteiger partial charge < -0.3 is 4.90 Å². The zero-order chi connectivity index (χ0) is 18.2. The second-order valence-electron chi connectivity index (χ2n) is 6.55. The van der Waals surface area contributed by atoms with Crippen molar-refractivity contribution < 1.29 is 4.79 Å². The molecule has 3 heterocycles. The topological polar surface area (TPSA) is 59.0 Å². The molecule has 4 aromatic rings. The van der Waals surface area contributed by atoms with Crippen molar-refractivity contribution in [3.8, 4) is 11.1 Å². The first kappa shape index (κ1) is 15.6. The van der Waals surface area contributed by atoms with Crippen molar-refractivity contribution in [2.75, 3.05) is 11.4 Å². The molecule has 0 spiro atoms. The fourth-order valence-electron chi connectivity index (χ4n) is 3.59. The number of carbonyl (C=O) groups is 1. The first-order valence-corrected chi connectivity index (χ1v) is 8.85. The van der Waals surface area contributed by atoms with Crippen molar-refractivity contribution >= 4 is 22.6 Å². The Bertz CT molecular complexity index is 1160. The van der Waals surface area contributed by atoms with Gasteiger partial charge in [0.2, 0.25) is 0 Å². The summed E-state index contributed by atoms with van der Waals surface area (Å²) in [5.74, 6) is -0.00189. The lowest BCUT2D eigenvalue weighted by Gasteiger charge is -2.18. The van der Waals surface area contributed by atoms with E-state index in [9.17, 15) is 4.79 Å². The van der Waals surface area contributed by atoms with Crippen LogP contribution in [0.4, 0.5) is 5.69 Å². The molecule has 5 nitrogen and oxygen atoms in total. The molecule has 0 radical (unpaired) electrons. The molecule has 1 aliphatic rings. The summed E-state index contributed by atoms with van der Waals surface area (Å²) in [7, 11) is 0. The molecule has 0 atom stereocenters. The molecular formula is C22H16N4O. The van der Waals surface area contributed by atoms with E-state index < -0.39 is 0 Å². The van der Waals surface area contributed by atoms with Crippen LogP contribution in [0.1, 0.15) is 15.9 Å². The van der Waals surface area contributed by atoms with Crippen LogP contribution in [0, 0.1) is 0 Å². The van der Waals surface area contributed by atoms with Crippen LogP contribution in [0.2, 0.25) is 0 Å². The SMILES string of the molecule is O=C(c1ccc2nccnc2c1)N1CCc2cc(-c3ccncc3)ccc21. The Hall–Kier alpha value is -3.60. The fraction of sp³-hybridized carbons (Fsp3) is 0.0909. The number of rotatable bonds is 2. The first-order chi connectivity index (χ1) is 13.3. The number of carbonyl (C=O) groups excluding carboxylic acids is 1. The van der Waals surface area contributed by atoms with Crippen LogP contribution in [0.3, 0.4) is 0 Å². The molecule has 2 aromatic heterocycles. The second kappa shape index (κ2) is 6.29. The van der Waals surface area contributed by atoms with Gasteiger partial charge in [0.15, 0.2) is 0 Å². The van der Waals surface area contributed by atoms with Crippen molar-refractivity contribution in [2.45, 2.75) is 6.42 Å². The number of anilines is 1. The van der Waals surface area contributed by atoms with Gasteiger partial charge in [0.05, 0.1) is 11.0 Å². The quantitative estimate of drug-likeness (QED) is 0.549. The summed E-state index contributed by atoms with van der Waals surface area (Å²) in [6.07, 6.45) is 7.73. The van der Waals surface area contributed by atoms with Crippen molar-refractivity contribution in [3.63, 3.8) is 0 Å². The van der Waals surface area contributed by atoms with Crippen LogP contribution < -0.4 is 4.90 Å². The van der Waals surface area contributed by atoms with Crippen molar-refractivity contribution in [2.24, 2.45) is 0 Å². The summed E-state index contributed by atoms with van der Waals surface area (Å²) < 4.78 is 0. The maximum atomic E-state index is 13.1. The van der Waals surface area contributed by atoms with E-state index in [0.29, 0.717) is 12.1 Å². The maximum Gasteiger partial charge on any atom is 0.258 e. The Morgan fingerprint density at radius 3 is 2.48 bits per heavy atom. The number of benzene rings is 2. The number of amides is 1. The Labute approximate surface area is 156 Å². The highest BCUT2D eigenvalue weighted by Crippen LogP contribution is 2.33. The summed E-state index contributed by atoms with van der Waals surface area (Å²) in [6.45, 7) is 0.687. The van der Waals surface area contributed by atoms with Crippen molar-refractivity contribution in [1.82, 2.24) is 15.0 Å². The van der Waals surface area contributed by atoms with E-state index in [1.54, 1.807) is 24.8 Å². The van der Waals surface area contributed by atoms with Gasteiger partial charge in [0, 0.05) is 42.6 Å². The van der Waals surface area contributed by atoms with E-state index in [2.05, 4.69) is 27.1 Å². The molecule has 27 heavy (non-hydrogen) atoms. The normalized spacial score (nSPS) is 13.0. The third-order valence-electron chi connectivity index (χ3n) is 4.95. The van der Waals surface area contributed by atoms with Gasteiger partial charge in [-0.15, -0.1) is 0 Å². The minimum absolute atomic E-state index is 0.00189. The molecule has 5 heteroatoms. The van der Waals surface area contributed by atoms with Gasteiger partial charge in [-0.2, -0.15) is 0 Å². The zero-order valence-electron chi connectivity index (χ0n) is 14.5. The number of aromatic nitrogens is 3. The lowest BCUT2D eigenvalue weighted by atomic mass is 10.0. The Balaban J connectivity index is 1.48. The van der Waals surface area contributed by atoms with Gasteiger partial charge in [-0.25, -0.2) is 0 Å². The number of fused-ring (bicyclic) bond motifs is 2. The van der Waals surface area contributed by atoms with Gasteiger partial charge in [-0.3, -0.25) is 19.7 Å². The molecule has 130 valence electrons. The van der Waals surface area contributed by atoms with Crippen LogP contribution in [0.25, 0.3) is 22.2 Å². The molecule has 0 saturated heterocycles. The average Bonchev–Trinajstić information content (AvgIpc) is 3.16. The lowest BCUT2D eigenvalue weighted by Crippen LogP contribution is -2.28. The summed E-state index contributed by atoms with van der Waals surface area (Å²) >= 11 is 0. The summed E-state index contributed by atoms with van der Waals surface area (Å²) in [5, 5.41) is 0. The summed E-state index contributed by atoms with van der Waals surface area (Å²) in [6, 6.07) is 15.7. The number of hydrogen-bond donors (Lipinski definition) is 0. The Morgan fingerprint density at radius 1 is 0.815 bits per heavy atom. The Kier molecular flexibility index (Phi) is 3.64. The zero-order valence-corrected chi connectivity index (χ0v) is 14.5. The molecule has 1 aliphatic heterocycles. The standard InChI is InChI=1S/C22H16N4O/c27-22(18-1-3-19-20(14-18)25-11-10-24-19)26-12-7-17-13-16(2-4-21(17)26)15-5-8-23-9-6-15/h1-6,8-11,13-14H,7,12H2. The molecule has 5 rings (SSSR count). The van der Waals surface area contributed by atoms with Crippen LogP contribution >= 0.6 is 0 Å². The minimum Gasteiger partial charge on any atom is -0.308 e. The highest BCUT2D eigenvalue weighted by molar-refractivity contribution is 6.08. The summed E-state index contributed by atoms with van der Waals surface area (Å²) in [4.78, 5) is 27.6. The average molecular weight is 352 g/mol. The van der Waals surface area contributed by atoms with E-state index in [1.807, 2.05) is 41.3 Å². The third kappa shape index (κ3) is 2.73. The van der Waals surface area contributed by atoms with E-state index >= 15 is 0 Å². The van der Waals surface area contributed by atoms with Crippen LogP contribution in [-0.2, 0) is 6.42 Å². The number of nitrogens with zero attached hydrogens (tertiary/aromatic N) is 4. The molecule has 1 amide bonds. The molecule has 0 fully saturated rings. The van der Waals surface area contributed by atoms with E-state index in [0.717, 1.165) is 34.3 Å². The highest BCUT2D eigenvalue weighted by atomic mass is 16.2. The molecule has 0 unspecified atom stereocenters. The fourth-order valence-corrected chi connectivity index (χ4v) is 3.59. The molecule has 2 aromatic carbocycles. The maximum absolute atomic E-state index is 13.1. The van der Waals surface area contributed by atoms with Crippen LogP contribution in [-0.4, -0.2) is 27.4 Å². The van der Waals surface area contributed by atoms with Crippen LogP contribution in [0.15, 0.2) is 73.3 Å². The van der Waals surface area contributed by atoms with Gasteiger partial charge in [0.1, 0.15) is 0 Å². The molecule has 0 N–H and O–H groups in total. The smallest absolute Gasteiger partial charge is 0.258 e. The predicted octanol–water partition coefficient (Wildman–Crippen LogP) is 3.89. The number of pyridine rings is 1. The van der Waals surface area contributed by atoms with Gasteiger partial charge in [-0.05, 0) is 65.6 Å². The Morgan fingerprint density at radius 2 is 1.63 bits per heavy atom. The highest BCUT2D eigenvalue weighted by Gasteiger charge is 2.26. The lowest BCUT2D eigenvalue weighted by molar-refractivity contribution is 0.0989. The van der Waals surface area contributed by atoms with Gasteiger partial charge in [0.25, 0.3) is 5.91 Å². The predicted molar refractivity (Wildman–Crippen MR) is 105 cm³/mol. The second-order valence-corrected chi connectivity index (χ2v) is 6.55. The van der Waals surface area contributed by atoms with Gasteiger partial charge >= 0.3 is 0 Å². The molecular weight excluding hydrogens is 336 g/mol. The van der Waals surface area contributed by atoms with E-state index in [-0.39, 0.29) is 5.91 Å². The van der Waals surface area contributed by atoms with Crippen molar-refractivity contribution in [3.05, 3.63) is 84.4 Å². The first-order valence-electron chi connectivity index (χ1n) is 8.85. The third-order valence-corrected chi connectivity index (χ3v) is 4.95. The monoisotopic (exact) mass is 352 g/mol. The van der Waals surface area contributed by atoms with Crippen molar-refractivity contribution in [1.29, 1.82) is 0 Å². The molecule has 0 aliphatic carbocycles.